The first-order chi connectivity index (χ1) is 11.6. The highest BCUT2D eigenvalue weighted by molar-refractivity contribution is 5.79. The van der Waals surface area contributed by atoms with E-state index < -0.39 is 12.1 Å². The predicted molar refractivity (Wildman–Crippen MR) is 89.9 cm³/mol. The molecule has 0 bridgehead atoms. The van der Waals surface area contributed by atoms with Gasteiger partial charge in [0.1, 0.15) is 6.10 Å². The molecule has 0 unspecified atom stereocenters. The van der Waals surface area contributed by atoms with Crippen LogP contribution in [0.2, 0.25) is 0 Å². The Labute approximate surface area is 140 Å². The number of carbonyl (C=O) groups excluding carboxylic acids is 1. The summed E-state index contributed by atoms with van der Waals surface area (Å²) in [6.45, 7) is 1.92. The average molecular weight is 325 g/mol. The molecule has 3 rings (SSSR count). The third-order valence-corrected chi connectivity index (χ3v) is 4.25. The maximum atomic E-state index is 11.9. The van der Waals surface area contributed by atoms with E-state index in [9.17, 15) is 9.59 Å². The normalized spacial score (nSPS) is 13.7. The summed E-state index contributed by atoms with van der Waals surface area (Å²) in [4.78, 5) is 22.4. The molecule has 1 amide bonds. The fourth-order valence-electron chi connectivity index (χ4n) is 3.25. The van der Waals surface area contributed by atoms with Crippen molar-refractivity contribution in [3.63, 3.8) is 0 Å². The van der Waals surface area contributed by atoms with E-state index in [1.807, 2.05) is 31.2 Å². The number of benzene rings is 2. The van der Waals surface area contributed by atoms with Crippen molar-refractivity contribution in [1.29, 1.82) is 0 Å². The van der Waals surface area contributed by atoms with E-state index in [0.717, 1.165) is 11.1 Å². The molecule has 1 aliphatic carbocycles. The first-order valence-electron chi connectivity index (χ1n) is 7.92. The average Bonchev–Trinajstić information content (AvgIpc) is 2.89. The topological polar surface area (TPSA) is 75.6 Å². The molecule has 2 aromatic carbocycles. The Bertz CT molecular complexity index is 726. The monoisotopic (exact) mass is 325 g/mol. The molecule has 0 saturated carbocycles. The molecule has 0 fully saturated rings. The standard InChI is InChI=1S/C19H19NO4/c1-12(24-19(23)20-11-10-17(21)22)18-15-8-4-2-6-13(15)14-7-3-5-9-16(14)18/h2-9,12,18H,10-11H2,1H3,(H,20,23)(H,21,22)/t12-/m0/s1. The summed E-state index contributed by atoms with van der Waals surface area (Å²) in [5.41, 5.74) is 4.62. The second-order valence-corrected chi connectivity index (χ2v) is 5.83. The maximum Gasteiger partial charge on any atom is 0.407 e. The number of fused-ring (bicyclic) bond motifs is 3. The molecule has 124 valence electrons. The number of alkyl carbamates (subject to hydrolysis) is 1. The van der Waals surface area contributed by atoms with Gasteiger partial charge >= 0.3 is 12.1 Å². The highest BCUT2D eigenvalue weighted by atomic mass is 16.6. The smallest absolute Gasteiger partial charge is 0.407 e. The van der Waals surface area contributed by atoms with E-state index in [1.54, 1.807) is 0 Å². The number of nitrogens with one attached hydrogen (secondary N) is 1. The second kappa shape index (κ2) is 6.74. The molecule has 0 spiro atoms. The lowest BCUT2D eigenvalue weighted by Gasteiger charge is -2.22. The molecule has 1 aliphatic rings. The molecule has 0 aromatic heterocycles. The van der Waals surface area contributed by atoms with E-state index in [4.69, 9.17) is 9.84 Å². The lowest BCUT2D eigenvalue weighted by molar-refractivity contribution is -0.136. The molecule has 5 nitrogen and oxygen atoms in total. The molecular weight excluding hydrogens is 306 g/mol. The van der Waals surface area contributed by atoms with Crippen LogP contribution in [0.5, 0.6) is 0 Å². The Morgan fingerprint density at radius 1 is 1.08 bits per heavy atom. The van der Waals surface area contributed by atoms with Crippen LogP contribution in [0, 0.1) is 0 Å². The molecule has 1 atom stereocenters. The molecule has 0 aliphatic heterocycles. The predicted octanol–water partition coefficient (Wildman–Crippen LogP) is 3.39. The quantitative estimate of drug-likeness (QED) is 0.883. The number of ether oxygens (including phenoxy) is 1. The van der Waals surface area contributed by atoms with Crippen molar-refractivity contribution in [2.75, 3.05) is 6.54 Å². The van der Waals surface area contributed by atoms with Gasteiger partial charge in [-0.15, -0.1) is 0 Å². The zero-order valence-electron chi connectivity index (χ0n) is 13.4. The Hall–Kier alpha value is -2.82. The van der Waals surface area contributed by atoms with Crippen molar-refractivity contribution < 1.29 is 19.4 Å². The molecule has 0 heterocycles. The summed E-state index contributed by atoms with van der Waals surface area (Å²) in [7, 11) is 0. The zero-order valence-corrected chi connectivity index (χ0v) is 13.4. The van der Waals surface area contributed by atoms with Crippen molar-refractivity contribution in [1.82, 2.24) is 5.32 Å². The van der Waals surface area contributed by atoms with Crippen molar-refractivity contribution in [2.45, 2.75) is 25.4 Å². The number of carboxylic acids is 1. The lowest BCUT2D eigenvalue weighted by Crippen LogP contribution is -2.32. The third kappa shape index (κ3) is 3.11. The van der Waals surface area contributed by atoms with Crippen LogP contribution in [0.25, 0.3) is 11.1 Å². The third-order valence-electron chi connectivity index (χ3n) is 4.25. The first-order valence-corrected chi connectivity index (χ1v) is 7.92. The number of hydrogen-bond acceptors (Lipinski definition) is 3. The maximum absolute atomic E-state index is 11.9. The number of carbonyl (C=O) groups is 2. The summed E-state index contributed by atoms with van der Waals surface area (Å²) >= 11 is 0. The van der Waals surface area contributed by atoms with Crippen LogP contribution >= 0.6 is 0 Å². The highest BCUT2D eigenvalue weighted by Crippen LogP contribution is 2.46. The van der Waals surface area contributed by atoms with Crippen LogP contribution in [-0.4, -0.2) is 29.8 Å². The summed E-state index contributed by atoms with van der Waals surface area (Å²) in [5.74, 6) is -0.982. The summed E-state index contributed by atoms with van der Waals surface area (Å²) < 4.78 is 5.49. The van der Waals surface area contributed by atoms with Gasteiger partial charge in [0, 0.05) is 12.5 Å². The van der Waals surface area contributed by atoms with Crippen molar-refractivity contribution in [3.8, 4) is 11.1 Å². The molecule has 5 heteroatoms. The Morgan fingerprint density at radius 3 is 2.17 bits per heavy atom. The Kier molecular flexibility index (Phi) is 4.51. The van der Waals surface area contributed by atoms with Crippen LogP contribution in [0.15, 0.2) is 48.5 Å². The van der Waals surface area contributed by atoms with Crippen LogP contribution in [0.3, 0.4) is 0 Å². The minimum absolute atomic E-state index is 0.0253. The zero-order chi connectivity index (χ0) is 17.1. The number of rotatable bonds is 5. The van der Waals surface area contributed by atoms with Gasteiger partial charge in [0.05, 0.1) is 6.42 Å². The van der Waals surface area contributed by atoms with Gasteiger partial charge in [-0.1, -0.05) is 48.5 Å². The van der Waals surface area contributed by atoms with E-state index in [-0.39, 0.29) is 25.0 Å². The number of amides is 1. The fourth-order valence-corrected chi connectivity index (χ4v) is 3.25. The molecule has 2 aromatic rings. The summed E-state index contributed by atoms with van der Waals surface area (Å²) in [6.07, 6.45) is -1.08. The molecule has 2 N–H and O–H groups in total. The van der Waals surface area contributed by atoms with Gasteiger partial charge in [-0.3, -0.25) is 4.79 Å². The van der Waals surface area contributed by atoms with E-state index >= 15 is 0 Å². The van der Waals surface area contributed by atoms with E-state index in [2.05, 4.69) is 29.6 Å². The lowest BCUT2D eigenvalue weighted by atomic mass is 9.92. The van der Waals surface area contributed by atoms with Crippen molar-refractivity contribution >= 4 is 12.1 Å². The second-order valence-electron chi connectivity index (χ2n) is 5.83. The molecule has 0 saturated heterocycles. The van der Waals surface area contributed by atoms with Gasteiger partial charge in [-0.05, 0) is 29.2 Å². The van der Waals surface area contributed by atoms with Crippen LogP contribution in [0.4, 0.5) is 4.79 Å². The summed E-state index contributed by atoms with van der Waals surface area (Å²) in [6, 6.07) is 16.2. The number of carboxylic acid groups (broad SMARTS) is 1. The SMILES string of the molecule is C[C@H](OC(=O)NCCC(=O)O)C1c2ccccc2-c2ccccc21. The fraction of sp³-hybridized carbons (Fsp3) is 0.263. The minimum atomic E-state index is -0.956. The van der Waals surface area contributed by atoms with Gasteiger partial charge in [0.2, 0.25) is 0 Å². The van der Waals surface area contributed by atoms with Gasteiger partial charge in [-0.25, -0.2) is 4.79 Å². The summed E-state index contributed by atoms with van der Waals surface area (Å²) in [5, 5.41) is 11.1. The van der Waals surface area contributed by atoms with Crippen LogP contribution < -0.4 is 5.32 Å². The van der Waals surface area contributed by atoms with Gasteiger partial charge in [0.25, 0.3) is 0 Å². The van der Waals surface area contributed by atoms with Gasteiger partial charge < -0.3 is 15.2 Å². The van der Waals surface area contributed by atoms with E-state index in [1.165, 1.54) is 11.1 Å². The van der Waals surface area contributed by atoms with Gasteiger partial charge in [0.15, 0.2) is 0 Å². The van der Waals surface area contributed by atoms with Crippen molar-refractivity contribution in [3.05, 3.63) is 59.7 Å². The molecule has 0 radical (unpaired) electrons. The number of aliphatic carboxylic acids is 1. The molecule has 24 heavy (non-hydrogen) atoms. The van der Waals surface area contributed by atoms with Crippen molar-refractivity contribution in [2.24, 2.45) is 0 Å². The Balaban J connectivity index is 1.76. The van der Waals surface area contributed by atoms with Gasteiger partial charge in [-0.2, -0.15) is 0 Å². The van der Waals surface area contributed by atoms with Crippen LogP contribution in [-0.2, 0) is 9.53 Å². The van der Waals surface area contributed by atoms with Crippen LogP contribution in [0.1, 0.15) is 30.4 Å². The van der Waals surface area contributed by atoms with E-state index in [0.29, 0.717) is 0 Å². The highest BCUT2D eigenvalue weighted by Gasteiger charge is 2.33. The minimum Gasteiger partial charge on any atom is -0.481 e. The molecular formula is C19H19NO4. The first kappa shape index (κ1) is 16.1. The largest absolute Gasteiger partial charge is 0.481 e. The Morgan fingerprint density at radius 2 is 1.62 bits per heavy atom. The number of hydrogen-bond donors (Lipinski definition) is 2.